The predicted molar refractivity (Wildman–Crippen MR) is 62.9 cm³/mol. The number of tetrazole rings is 1. The summed E-state index contributed by atoms with van der Waals surface area (Å²) in [6.07, 6.45) is -1.10. The molecule has 90 valence electrons. The summed E-state index contributed by atoms with van der Waals surface area (Å²) in [5.41, 5.74) is 0.814. The topological polar surface area (TPSA) is 63.8 Å². The molecule has 1 aromatic heterocycles. The summed E-state index contributed by atoms with van der Waals surface area (Å²) in [5, 5.41) is 20.7. The maximum Gasteiger partial charge on any atom is 0.204 e. The van der Waals surface area contributed by atoms with E-state index in [1.165, 1.54) is 4.80 Å². The van der Waals surface area contributed by atoms with Crippen LogP contribution in [0.15, 0.2) is 28.7 Å². The molecular formula is C10H10BrFN4O. The second kappa shape index (κ2) is 5.33. The summed E-state index contributed by atoms with van der Waals surface area (Å²) in [4.78, 5) is 1.18. The number of aliphatic hydroxyl groups excluding tert-OH is 1. The Morgan fingerprint density at radius 3 is 2.71 bits per heavy atom. The van der Waals surface area contributed by atoms with E-state index in [4.69, 9.17) is 5.11 Å². The highest BCUT2D eigenvalue weighted by Gasteiger charge is 2.09. The van der Waals surface area contributed by atoms with Crippen molar-refractivity contribution in [3.05, 3.63) is 28.7 Å². The van der Waals surface area contributed by atoms with Crippen molar-refractivity contribution in [1.82, 2.24) is 20.2 Å². The number of aromatic nitrogens is 4. The highest BCUT2D eigenvalue weighted by atomic mass is 79.9. The van der Waals surface area contributed by atoms with Gasteiger partial charge in [-0.1, -0.05) is 15.9 Å². The number of hydrogen-bond donors (Lipinski definition) is 1. The van der Waals surface area contributed by atoms with Crippen molar-refractivity contribution >= 4 is 15.9 Å². The van der Waals surface area contributed by atoms with Crippen LogP contribution in [-0.4, -0.2) is 38.1 Å². The van der Waals surface area contributed by atoms with Gasteiger partial charge in [-0.25, -0.2) is 4.39 Å². The van der Waals surface area contributed by atoms with Crippen LogP contribution in [0.4, 0.5) is 4.39 Å². The maximum absolute atomic E-state index is 12.1. The number of aliphatic hydroxyl groups is 1. The summed E-state index contributed by atoms with van der Waals surface area (Å²) in [7, 11) is 0. The van der Waals surface area contributed by atoms with Crippen LogP contribution < -0.4 is 0 Å². The molecule has 2 rings (SSSR count). The average Bonchev–Trinajstić information content (AvgIpc) is 2.78. The van der Waals surface area contributed by atoms with Gasteiger partial charge in [-0.2, -0.15) is 4.80 Å². The van der Waals surface area contributed by atoms with Crippen molar-refractivity contribution in [1.29, 1.82) is 0 Å². The van der Waals surface area contributed by atoms with Gasteiger partial charge in [-0.05, 0) is 29.5 Å². The molecule has 1 aromatic carbocycles. The summed E-state index contributed by atoms with van der Waals surface area (Å²) < 4.78 is 13.1. The van der Waals surface area contributed by atoms with E-state index >= 15 is 0 Å². The summed E-state index contributed by atoms with van der Waals surface area (Å²) in [5.74, 6) is 0.448. The number of hydrogen-bond acceptors (Lipinski definition) is 4. The van der Waals surface area contributed by atoms with Gasteiger partial charge < -0.3 is 5.11 Å². The molecule has 1 unspecified atom stereocenters. The van der Waals surface area contributed by atoms with E-state index in [9.17, 15) is 4.39 Å². The molecule has 2 aromatic rings. The SMILES string of the molecule is OC(CF)Cn1nnc(-c2ccc(Br)cc2)n1. The standard InChI is InChI=1S/C10H10BrFN4O/c11-8-3-1-7(2-4-8)10-13-15-16(14-10)6-9(17)5-12/h1-4,9,17H,5-6H2. The van der Waals surface area contributed by atoms with E-state index in [2.05, 4.69) is 31.3 Å². The number of alkyl halides is 1. The van der Waals surface area contributed by atoms with Crippen LogP contribution in [0.25, 0.3) is 11.4 Å². The molecule has 0 aliphatic rings. The molecule has 1 heterocycles. The number of benzene rings is 1. The minimum Gasteiger partial charge on any atom is -0.388 e. The number of rotatable bonds is 4. The zero-order chi connectivity index (χ0) is 12.3. The van der Waals surface area contributed by atoms with Gasteiger partial charge in [0.05, 0.1) is 6.54 Å². The Kier molecular flexibility index (Phi) is 3.80. The molecule has 0 saturated heterocycles. The third kappa shape index (κ3) is 3.07. The molecule has 0 amide bonds. The van der Waals surface area contributed by atoms with Crippen LogP contribution >= 0.6 is 15.9 Å². The highest BCUT2D eigenvalue weighted by Crippen LogP contribution is 2.17. The molecule has 7 heteroatoms. The van der Waals surface area contributed by atoms with E-state index in [0.717, 1.165) is 10.0 Å². The molecule has 0 aliphatic carbocycles. The first-order valence-electron chi connectivity index (χ1n) is 4.97. The highest BCUT2D eigenvalue weighted by molar-refractivity contribution is 9.10. The molecule has 0 aliphatic heterocycles. The Labute approximate surface area is 105 Å². The molecule has 0 bridgehead atoms. The van der Waals surface area contributed by atoms with Gasteiger partial charge in [-0.15, -0.1) is 10.2 Å². The van der Waals surface area contributed by atoms with Crippen LogP contribution in [0.1, 0.15) is 0 Å². The molecule has 1 N–H and O–H groups in total. The molecule has 1 atom stereocenters. The van der Waals surface area contributed by atoms with Gasteiger partial charge in [0.1, 0.15) is 12.8 Å². The van der Waals surface area contributed by atoms with Crippen LogP contribution in [0.2, 0.25) is 0 Å². The van der Waals surface area contributed by atoms with Crippen molar-refractivity contribution < 1.29 is 9.50 Å². The Morgan fingerprint density at radius 1 is 1.35 bits per heavy atom. The van der Waals surface area contributed by atoms with Gasteiger partial charge in [-0.3, -0.25) is 0 Å². The summed E-state index contributed by atoms with van der Waals surface area (Å²) in [6, 6.07) is 7.42. The predicted octanol–water partition coefficient (Wildman–Crippen LogP) is 1.43. The molecule has 0 spiro atoms. The molecule has 0 fully saturated rings. The van der Waals surface area contributed by atoms with E-state index in [1.54, 1.807) is 0 Å². The maximum atomic E-state index is 12.1. The summed E-state index contributed by atoms with van der Waals surface area (Å²) in [6.45, 7) is -0.824. The van der Waals surface area contributed by atoms with Gasteiger partial charge in [0, 0.05) is 10.0 Å². The first-order chi connectivity index (χ1) is 8.19. The Balaban J connectivity index is 2.15. The first kappa shape index (κ1) is 12.1. The molecule has 5 nitrogen and oxygen atoms in total. The second-order valence-corrected chi connectivity index (χ2v) is 4.40. The minimum atomic E-state index is -1.10. The van der Waals surface area contributed by atoms with Crippen LogP contribution in [0, 0.1) is 0 Å². The fraction of sp³-hybridized carbons (Fsp3) is 0.300. The van der Waals surface area contributed by atoms with Crippen LogP contribution in [0.5, 0.6) is 0 Å². The van der Waals surface area contributed by atoms with Crippen molar-refractivity contribution in [2.75, 3.05) is 6.67 Å². The smallest absolute Gasteiger partial charge is 0.204 e. The van der Waals surface area contributed by atoms with Gasteiger partial charge >= 0.3 is 0 Å². The molecule has 0 radical (unpaired) electrons. The van der Waals surface area contributed by atoms with Crippen LogP contribution in [-0.2, 0) is 6.54 Å². The monoisotopic (exact) mass is 300 g/mol. The molecule has 0 saturated carbocycles. The Hall–Kier alpha value is -1.34. The van der Waals surface area contributed by atoms with E-state index in [-0.39, 0.29) is 6.54 Å². The lowest BCUT2D eigenvalue weighted by Gasteiger charge is -2.02. The first-order valence-corrected chi connectivity index (χ1v) is 5.76. The summed E-state index contributed by atoms with van der Waals surface area (Å²) >= 11 is 3.33. The van der Waals surface area contributed by atoms with Gasteiger partial charge in [0.15, 0.2) is 0 Å². The zero-order valence-electron chi connectivity index (χ0n) is 8.79. The zero-order valence-corrected chi connectivity index (χ0v) is 10.4. The van der Waals surface area contributed by atoms with Gasteiger partial charge in [0.25, 0.3) is 0 Å². The minimum absolute atomic E-state index is 0.0000278. The van der Waals surface area contributed by atoms with Gasteiger partial charge in [0.2, 0.25) is 5.82 Å². The fourth-order valence-electron chi connectivity index (χ4n) is 1.27. The lowest BCUT2D eigenvalue weighted by atomic mass is 10.2. The normalized spacial score (nSPS) is 12.6. The largest absolute Gasteiger partial charge is 0.388 e. The van der Waals surface area contributed by atoms with Crippen molar-refractivity contribution in [2.24, 2.45) is 0 Å². The van der Waals surface area contributed by atoms with Crippen molar-refractivity contribution in [2.45, 2.75) is 12.6 Å². The van der Waals surface area contributed by atoms with Crippen LogP contribution in [0.3, 0.4) is 0 Å². The van der Waals surface area contributed by atoms with Crippen molar-refractivity contribution in [3.63, 3.8) is 0 Å². The second-order valence-electron chi connectivity index (χ2n) is 3.48. The number of halogens is 2. The average molecular weight is 301 g/mol. The van der Waals surface area contributed by atoms with E-state index < -0.39 is 12.8 Å². The molecule has 17 heavy (non-hydrogen) atoms. The Morgan fingerprint density at radius 2 is 2.06 bits per heavy atom. The fourth-order valence-corrected chi connectivity index (χ4v) is 1.54. The third-order valence-electron chi connectivity index (χ3n) is 2.11. The number of nitrogens with zero attached hydrogens (tertiary/aromatic N) is 4. The molecular weight excluding hydrogens is 291 g/mol. The quantitative estimate of drug-likeness (QED) is 0.928. The van der Waals surface area contributed by atoms with Crippen molar-refractivity contribution in [3.8, 4) is 11.4 Å². The van der Waals surface area contributed by atoms with E-state index in [0.29, 0.717) is 5.82 Å². The van der Waals surface area contributed by atoms with E-state index in [1.807, 2.05) is 24.3 Å². The lowest BCUT2D eigenvalue weighted by molar-refractivity contribution is 0.112. The lowest BCUT2D eigenvalue weighted by Crippen LogP contribution is -2.19. The Bertz CT molecular complexity index is 487. The third-order valence-corrected chi connectivity index (χ3v) is 2.64.